The topological polar surface area (TPSA) is 50.1 Å². The molecule has 0 amide bonds. The van der Waals surface area contributed by atoms with Crippen LogP contribution in [0.1, 0.15) is 22.8 Å². The number of carbonyl (C=O) groups is 1. The molecular formula is C10H5BrF3NO2. The minimum atomic E-state index is -4.89. The van der Waals surface area contributed by atoms with Gasteiger partial charge >= 0.3 is 6.36 Å². The summed E-state index contributed by atoms with van der Waals surface area (Å²) < 4.78 is 39.8. The molecule has 7 heteroatoms. The number of alkyl halides is 3. The Labute approximate surface area is 103 Å². The van der Waals surface area contributed by atoms with Crippen LogP contribution in [-0.4, -0.2) is 12.1 Å². The molecule has 0 bridgehead atoms. The number of hydrogen-bond acceptors (Lipinski definition) is 3. The quantitative estimate of drug-likeness (QED) is 0.787. The van der Waals surface area contributed by atoms with Crippen LogP contribution in [0.2, 0.25) is 0 Å². The summed E-state index contributed by atoms with van der Waals surface area (Å²) in [5.74, 6) is -1.01. The van der Waals surface area contributed by atoms with E-state index >= 15 is 0 Å². The van der Waals surface area contributed by atoms with Crippen molar-refractivity contribution >= 4 is 21.7 Å². The van der Waals surface area contributed by atoms with E-state index in [1.165, 1.54) is 6.92 Å². The molecule has 0 fully saturated rings. The van der Waals surface area contributed by atoms with Gasteiger partial charge in [-0.05, 0) is 35.0 Å². The second-order valence-electron chi connectivity index (χ2n) is 3.02. The Morgan fingerprint density at radius 3 is 2.47 bits per heavy atom. The zero-order valence-electron chi connectivity index (χ0n) is 8.43. The van der Waals surface area contributed by atoms with Gasteiger partial charge in [-0.25, -0.2) is 0 Å². The lowest BCUT2D eigenvalue weighted by molar-refractivity contribution is -0.274. The van der Waals surface area contributed by atoms with E-state index < -0.39 is 12.1 Å². The summed E-state index contributed by atoms with van der Waals surface area (Å²) in [5, 5.41) is 8.76. The van der Waals surface area contributed by atoms with Gasteiger partial charge < -0.3 is 4.74 Å². The monoisotopic (exact) mass is 307 g/mol. The molecule has 0 spiro atoms. The highest BCUT2D eigenvalue weighted by Gasteiger charge is 2.33. The number of ether oxygens (including phenoxy) is 1. The highest BCUT2D eigenvalue weighted by Crippen LogP contribution is 2.33. The van der Waals surface area contributed by atoms with E-state index in [-0.39, 0.29) is 21.4 Å². The Bertz CT molecular complexity index is 505. The Balaban J connectivity index is 3.33. The smallest absolute Gasteiger partial charge is 0.404 e. The molecule has 0 aliphatic rings. The average Bonchev–Trinajstić information content (AvgIpc) is 2.15. The summed E-state index contributed by atoms with van der Waals surface area (Å²) in [4.78, 5) is 11.1. The number of nitrogens with zero attached hydrogens (tertiary/aromatic N) is 1. The Kier molecular flexibility index (Phi) is 3.78. The molecule has 0 radical (unpaired) electrons. The van der Waals surface area contributed by atoms with Crippen molar-refractivity contribution in [3.05, 3.63) is 27.7 Å². The van der Waals surface area contributed by atoms with Crippen molar-refractivity contribution in [1.29, 1.82) is 5.26 Å². The van der Waals surface area contributed by atoms with Crippen molar-refractivity contribution in [2.75, 3.05) is 0 Å². The third kappa shape index (κ3) is 3.20. The summed E-state index contributed by atoms with van der Waals surface area (Å²) in [6, 6.07) is 3.66. The SMILES string of the molecule is CC(=O)c1ccc(OC(F)(F)F)c(C#N)c1Br. The van der Waals surface area contributed by atoms with E-state index in [9.17, 15) is 18.0 Å². The first kappa shape index (κ1) is 13.5. The first-order valence-corrected chi connectivity index (χ1v) is 5.05. The number of halogens is 4. The number of ketones is 1. The van der Waals surface area contributed by atoms with E-state index in [0.717, 1.165) is 12.1 Å². The van der Waals surface area contributed by atoms with E-state index in [0.29, 0.717) is 0 Å². The largest absolute Gasteiger partial charge is 0.573 e. The van der Waals surface area contributed by atoms with Crippen LogP contribution in [0.5, 0.6) is 5.75 Å². The molecule has 17 heavy (non-hydrogen) atoms. The van der Waals surface area contributed by atoms with Crippen LogP contribution in [0.4, 0.5) is 13.2 Å². The first-order chi connectivity index (χ1) is 7.76. The molecule has 0 saturated carbocycles. The van der Waals surface area contributed by atoms with Gasteiger partial charge in [0.15, 0.2) is 5.78 Å². The van der Waals surface area contributed by atoms with Gasteiger partial charge in [0, 0.05) is 10.0 Å². The standard InChI is InChI=1S/C10H5BrF3NO2/c1-5(16)6-2-3-8(17-10(12,13)14)7(4-15)9(6)11/h2-3H,1H3. The molecule has 0 atom stereocenters. The Morgan fingerprint density at radius 2 is 2.06 bits per heavy atom. The lowest BCUT2D eigenvalue weighted by atomic mass is 10.1. The summed E-state index contributed by atoms with van der Waals surface area (Å²) in [6.07, 6.45) is -4.89. The van der Waals surface area contributed by atoms with Gasteiger partial charge in [0.05, 0.1) is 0 Å². The number of benzene rings is 1. The van der Waals surface area contributed by atoms with Gasteiger partial charge in [-0.3, -0.25) is 4.79 Å². The van der Waals surface area contributed by atoms with Crippen LogP contribution < -0.4 is 4.74 Å². The summed E-state index contributed by atoms with van der Waals surface area (Å²) in [5.41, 5.74) is -0.244. The van der Waals surface area contributed by atoms with Crippen LogP contribution in [-0.2, 0) is 0 Å². The Hall–Kier alpha value is -1.55. The normalized spacial score (nSPS) is 10.8. The van der Waals surface area contributed by atoms with E-state index in [1.807, 2.05) is 0 Å². The van der Waals surface area contributed by atoms with Crippen LogP contribution in [0, 0.1) is 11.3 Å². The van der Waals surface area contributed by atoms with Gasteiger partial charge in [-0.2, -0.15) is 5.26 Å². The van der Waals surface area contributed by atoms with Gasteiger partial charge in [0.25, 0.3) is 0 Å². The Morgan fingerprint density at radius 1 is 1.47 bits per heavy atom. The van der Waals surface area contributed by atoms with Crippen LogP contribution in [0.3, 0.4) is 0 Å². The molecule has 0 saturated heterocycles. The molecular weight excluding hydrogens is 303 g/mol. The third-order valence-corrected chi connectivity index (χ3v) is 2.64. The van der Waals surface area contributed by atoms with Crippen LogP contribution in [0.25, 0.3) is 0 Å². The molecule has 0 N–H and O–H groups in total. The molecule has 3 nitrogen and oxygen atoms in total. The molecule has 1 aromatic rings. The zero-order chi connectivity index (χ0) is 13.2. The van der Waals surface area contributed by atoms with Gasteiger partial charge in [0.1, 0.15) is 17.4 Å². The van der Waals surface area contributed by atoms with Crippen molar-refractivity contribution in [2.24, 2.45) is 0 Å². The van der Waals surface area contributed by atoms with Crippen molar-refractivity contribution in [3.63, 3.8) is 0 Å². The molecule has 0 aliphatic carbocycles. The predicted octanol–water partition coefficient (Wildman–Crippen LogP) is 3.42. The van der Waals surface area contributed by atoms with Crippen LogP contribution in [0.15, 0.2) is 16.6 Å². The second kappa shape index (κ2) is 4.75. The fourth-order valence-corrected chi connectivity index (χ4v) is 1.84. The van der Waals surface area contributed by atoms with Gasteiger partial charge in [-0.15, -0.1) is 13.2 Å². The maximum absolute atomic E-state index is 12.0. The van der Waals surface area contributed by atoms with E-state index in [2.05, 4.69) is 20.7 Å². The lowest BCUT2D eigenvalue weighted by Crippen LogP contribution is -2.18. The average molecular weight is 308 g/mol. The molecule has 0 aromatic heterocycles. The summed E-state index contributed by atoms with van der Waals surface area (Å²) in [7, 11) is 0. The fraction of sp³-hybridized carbons (Fsp3) is 0.200. The number of rotatable bonds is 2. The highest BCUT2D eigenvalue weighted by atomic mass is 79.9. The number of Topliss-reactive ketones (excluding diaryl/α,β-unsaturated/α-hetero) is 1. The van der Waals surface area contributed by atoms with Crippen molar-refractivity contribution < 1.29 is 22.7 Å². The van der Waals surface area contributed by atoms with Crippen LogP contribution >= 0.6 is 15.9 Å². The summed E-state index contributed by atoms with van der Waals surface area (Å²) >= 11 is 2.91. The highest BCUT2D eigenvalue weighted by molar-refractivity contribution is 9.10. The maximum atomic E-state index is 12.0. The van der Waals surface area contributed by atoms with Gasteiger partial charge in [0.2, 0.25) is 0 Å². The maximum Gasteiger partial charge on any atom is 0.573 e. The minimum Gasteiger partial charge on any atom is -0.404 e. The lowest BCUT2D eigenvalue weighted by Gasteiger charge is -2.12. The number of carbonyl (C=O) groups excluding carboxylic acids is 1. The first-order valence-electron chi connectivity index (χ1n) is 4.25. The fourth-order valence-electron chi connectivity index (χ4n) is 1.14. The van der Waals surface area contributed by atoms with Crippen molar-refractivity contribution in [1.82, 2.24) is 0 Å². The molecule has 0 heterocycles. The molecule has 0 unspecified atom stereocenters. The van der Waals surface area contributed by atoms with Crippen molar-refractivity contribution in [3.8, 4) is 11.8 Å². The summed E-state index contributed by atoms with van der Waals surface area (Å²) in [6.45, 7) is 1.24. The van der Waals surface area contributed by atoms with Crippen molar-refractivity contribution in [2.45, 2.75) is 13.3 Å². The molecule has 90 valence electrons. The molecule has 1 aromatic carbocycles. The molecule has 1 rings (SSSR count). The van der Waals surface area contributed by atoms with E-state index in [4.69, 9.17) is 5.26 Å². The number of nitriles is 1. The second-order valence-corrected chi connectivity index (χ2v) is 3.81. The molecule has 0 aliphatic heterocycles. The zero-order valence-corrected chi connectivity index (χ0v) is 10.0. The predicted molar refractivity (Wildman–Crippen MR) is 55.5 cm³/mol. The van der Waals surface area contributed by atoms with E-state index in [1.54, 1.807) is 6.07 Å². The van der Waals surface area contributed by atoms with Gasteiger partial charge in [-0.1, -0.05) is 0 Å². The minimum absolute atomic E-state index is 0.00532. The third-order valence-electron chi connectivity index (χ3n) is 1.82. The number of hydrogen-bond donors (Lipinski definition) is 0.